The van der Waals surface area contributed by atoms with Gasteiger partial charge in [-0.3, -0.25) is 9.67 Å². The van der Waals surface area contributed by atoms with Gasteiger partial charge in [0, 0.05) is 36.7 Å². The predicted molar refractivity (Wildman–Crippen MR) is 138 cm³/mol. The Kier molecular flexibility index (Phi) is 8.45. The van der Waals surface area contributed by atoms with Crippen molar-refractivity contribution in [3.63, 3.8) is 0 Å². The van der Waals surface area contributed by atoms with Crippen LogP contribution in [-0.2, 0) is 22.3 Å². The van der Waals surface area contributed by atoms with Gasteiger partial charge in [0.2, 0.25) is 0 Å². The van der Waals surface area contributed by atoms with Gasteiger partial charge in [0.15, 0.2) is 25.8 Å². The van der Waals surface area contributed by atoms with Crippen LogP contribution in [0.4, 0.5) is 20.3 Å². The summed E-state index contributed by atoms with van der Waals surface area (Å²) in [5.41, 5.74) is 3.02. The fourth-order valence-corrected chi connectivity index (χ4v) is 4.90. The second-order valence-electron chi connectivity index (χ2n) is 10.2. The molecule has 1 N–H and O–H groups in total. The van der Waals surface area contributed by atoms with E-state index in [0.717, 1.165) is 35.5 Å². The Labute approximate surface area is 207 Å². The molecule has 0 saturated heterocycles. The number of rotatable bonds is 10. The van der Waals surface area contributed by atoms with E-state index in [4.69, 9.17) is 14.3 Å². The molecular weight excluding hydrogens is 466 g/mol. The van der Waals surface area contributed by atoms with Crippen LogP contribution in [0.2, 0.25) is 18.1 Å². The molecule has 3 aromatic rings. The molecule has 0 unspecified atom stereocenters. The maximum atomic E-state index is 13.7. The van der Waals surface area contributed by atoms with Gasteiger partial charge in [-0.1, -0.05) is 27.7 Å². The van der Waals surface area contributed by atoms with E-state index < -0.39 is 20.0 Å². The summed E-state index contributed by atoms with van der Waals surface area (Å²) in [6, 6.07) is 9.47. The monoisotopic (exact) mass is 502 g/mol. The number of hydrogen-bond acceptors (Lipinski definition) is 5. The molecule has 2 heterocycles. The van der Waals surface area contributed by atoms with E-state index in [1.54, 1.807) is 13.3 Å². The van der Waals surface area contributed by atoms with E-state index in [9.17, 15) is 8.78 Å². The average molecular weight is 503 g/mol. The smallest absolute Gasteiger partial charge is 0.192 e. The zero-order valence-corrected chi connectivity index (χ0v) is 22.7. The lowest BCUT2D eigenvalue weighted by Crippen LogP contribution is -2.44. The van der Waals surface area contributed by atoms with Crippen LogP contribution < -0.4 is 5.32 Å². The molecule has 190 valence electrons. The fourth-order valence-electron chi connectivity index (χ4n) is 3.47. The van der Waals surface area contributed by atoms with E-state index in [2.05, 4.69) is 51.1 Å². The van der Waals surface area contributed by atoms with Crippen LogP contribution in [0.1, 0.15) is 39.8 Å². The Bertz CT molecular complexity index is 1140. The van der Waals surface area contributed by atoms with Crippen molar-refractivity contribution in [3.8, 4) is 11.3 Å². The van der Waals surface area contributed by atoms with Crippen LogP contribution in [0, 0.1) is 11.6 Å². The van der Waals surface area contributed by atoms with Gasteiger partial charge in [-0.2, -0.15) is 5.10 Å². The second-order valence-corrected chi connectivity index (χ2v) is 15.0. The molecule has 0 spiro atoms. The van der Waals surface area contributed by atoms with Crippen molar-refractivity contribution in [1.29, 1.82) is 0 Å². The molecule has 0 aliphatic heterocycles. The Morgan fingerprint density at radius 1 is 1.09 bits per heavy atom. The standard InChI is InChI=1S/C26H36F2N4O2Si/c1-8-21(34-35(6,7)26(2,3)4)16-32-24(18-11-12-29-20(13-18)17-33-5)15-25(31-32)30-19-9-10-22(27)23(28)14-19/h9-15,21H,8,16-17H2,1-7H3,(H,30,31)/t21-/m1/s1. The van der Waals surface area contributed by atoms with Gasteiger partial charge in [0.1, 0.15) is 0 Å². The molecule has 0 aliphatic rings. The quantitative estimate of drug-likeness (QED) is 0.305. The van der Waals surface area contributed by atoms with Gasteiger partial charge in [-0.05, 0) is 48.8 Å². The van der Waals surface area contributed by atoms with Crippen molar-refractivity contribution < 1.29 is 17.9 Å². The summed E-state index contributed by atoms with van der Waals surface area (Å²) in [5.74, 6) is -1.28. The minimum Gasteiger partial charge on any atom is -0.412 e. The minimum atomic E-state index is -1.99. The van der Waals surface area contributed by atoms with Crippen molar-refractivity contribution in [2.45, 2.75) is 71.5 Å². The Morgan fingerprint density at radius 3 is 2.46 bits per heavy atom. The summed E-state index contributed by atoms with van der Waals surface area (Å²) in [4.78, 5) is 4.36. The third-order valence-electron chi connectivity index (χ3n) is 6.48. The molecule has 9 heteroatoms. The lowest BCUT2D eigenvalue weighted by atomic mass is 10.1. The summed E-state index contributed by atoms with van der Waals surface area (Å²) in [6.07, 6.45) is 2.56. The van der Waals surface area contributed by atoms with Gasteiger partial charge in [-0.15, -0.1) is 0 Å². The predicted octanol–water partition coefficient (Wildman–Crippen LogP) is 6.91. The topological polar surface area (TPSA) is 61.2 Å². The number of pyridine rings is 1. The molecule has 0 bridgehead atoms. The van der Waals surface area contributed by atoms with Gasteiger partial charge in [0.25, 0.3) is 0 Å². The number of methoxy groups -OCH3 is 1. The number of anilines is 2. The first-order valence-corrected chi connectivity index (χ1v) is 14.8. The van der Waals surface area contributed by atoms with Gasteiger partial charge < -0.3 is 14.5 Å². The maximum absolute atomic E-state index is 13.7. The zero-order valence-electron chi connectivity index (χ0n) is 21.7. The van der Waals surface area contributed by atoms with E-state index in [-0.39, 0.29) is 11.1 Å². The van der Waals surface area contributed by atoms with Crippen molar-refractivity contribution in [1.82, 2.24) is 14.8 Å². The van der Waals surface area contributed by atoms with E-state index in [1.807, 2.05) is 22.9 Å². The number of nitrogens with zero attached hydrogens (tertiary/aromatic N) is 3. The summed E-state index contributed by atoms with van der Waals surface area (Å²) >= 11 is 0. The largest absolute Gasteiger partial charge is 0.412 e. The van der Waals surface area contributed by atoms with Crippen LogP contribution in [0.15, 0.2) is 42.6 Å². The van der Waals surface area contributed by atoms with Crippen molar-refractivity contribution in [3.05, 3.63) is 59.9 Å². The highest BCUT2D eigenvalue weighted by Crippen LogP contribution is 2.38. The van der Waals surface area contributed by atoms with Crippen LogP contribution in [-0.4, -0.2) is 36.3 Å². The van der Waals surface area contributed by atoms with Gasteiger partial charge in [-0.25, -0.2) is 8.78 Å². The summed E-state index contributed by atoms with van der Waals surface area (Å²) in [6.45, 7) is 14.2. The van der Waals surface area contributed by atoms with E-state index in [1.165, 1.54) is 6.07 Å². The van der Waals surface area contributed by atoms with Crippen molar-refractivity contribution >= 4 is 19.8 Å². The fraction of sp³-hybridized carbons (Fsp3) is 0.462. The first-order valence-electron chi connectivity index (χ1n) is 11.9. The lowest BCUT2D eigenvalue weighted by molar-refractivity contribution is 0.153. The first kappa shape index (κ1) is 27.0. The normalized spacial score (nSPS) is 13.2. The van der Waals surface area contributed by atoms with Crippen LogP contribution in [0.3, 0.4) is 0 Å². The molecular formula is C26H36F2N4O2Si. The van der Waals surface area contributed by atoms with E-state index in [0.29, 0.717) is 24.7 Å². The molecule has 2 aromatic heterocycles. The molecule has 35 heavy (non-hydrogen) atoms. The Hall–Kier alpha value is -2.62. The van der Waals surface area contributed by atoms with Gasteiger partial charge >= 0.3 is 0 Å². The SMILES string of the molecule is CC[C@H](Cn1nc(Nc2ccc(F)c(F)c2)cc1-c1ccnc(COC)c1)O[Si](C)(C)C(C)(C)C. The third kappa shape index (κ3) is 6.74. The highest BCUT2D eigenvalue weighted by Gasteiger charge is 2.39. The average Bonchev–Trinajstić information content (AvgIpc) is 3.17. The van der Waals surface area contributed by atoms with Crippen molar-refractivity contribution in [2.24, 2.45) is 0 Å². The number of aromatic nitrogens is 3. The summed E-state index contributed by atoms with van der Waals surface area (Å²) < 4.78 is 41.0. The second kappa shape index (κ2) is 11.0. The number of hydrogen-bond donors (Lipinski definition) is 1. The summed E-state index contributed by atoms with van der Waals surface area (Å²) in [5, 5.41) is 7.95. The van der Waals surface area contributed by atoms with E-state index >= 15 is 0 Å². The Morgan fingerprint density at radius 2 is 1.83 bits per heavy atom. The van der Waals surface area contributed by atoms with Crippen molar-refractivity contribution in [2.75, 3.05) is 12.4 Å². The van der Waals surface area contributed by atoms with Crippen LogP contribution >= 0.6 is 0 Å². The van der Waals surface area contributed by atoms with Crippen LogP contribution in [0.25, 0.3) is 11.3 Å². The summed E-state index contributed by atoms with van der Waals surface area (Å²) in [7, 11) is -0.354. The molecule has 0 radical (unpaired) electrons. The lowest BCUT2D eigenvalue weighted by Gasteiger charge is -2.39. The third-order valence-corrected chi connectivity index (χ3v) is 11.0. The highest BCUT2D eigenvalue weighted by molar-refractivity contribution is 6.74. The molecule has 0 aliphatic carbocycles. The molecule has 0 amide bonds. The Balaban J connectivity index is 1.97. The molecule has 0 fully saturated rings. The van der Waals surface area contributed by atoms with Gasteiger partial charge in [0.05, 0.1) is 30.6 Å². The maximum Gasteiger partial charge on any atom is 0.192 e. The number of ether oxygens (including phenoxy) is 1. The molecule has 3 rings (SSSR count). The molecule has 6 nitrogen and oxygen atoms in total. The number of benzene rings is 1. The van der Waals surface area contributed by atoms with Crippen LogP contribution in [0.5, 0.6) is 0 Å². The number of nitrogens with one attached hydrogen (secondary N) is 1. The molecule has 0 saturated carbocycles. The first-order chi connectivity index (χ1) is 16.4. The number of halogens is 2. The highest BCUT2D eigenvalue weighted by atomic mass is 28.4. The molecule has 1 atom stereocenters. The minimum absolute atomic E-state index is 0.0223. The zero-order chi connectivity index (χ0) is 25.8. The molecule has 1 aromatic carbocycles.